The van der Waals surface area contributed by atoms with Crippen molar-refractivity contribution < 1.29 is 14.6 Å². The molecule has 0 aliphatic heterocycles. The van der Waals surface area contributed by atoms with Gasteiger partial charge in [-0.1, -0.05) is 83.1 Å². The first kappa shape index (κ1) is 25.1. The number of hydrogen-bond donors (Lipinski definition) is 2. The zero-order valence-electron chi connectivity index (χ0n) is 22.5. The van der Waals surface area contributed by atoms with Crippen LogP contribution in [-0.2, 0) is 21.7 Å². The van der Waals surface area contributed by atoms with Crippen LogP contribution in [-0.4, -0.2) is 15.2 Å². The van der Waals surface area contributed by atoms with Gasteiger partial charge in [-0.05, 0) is 39.9 Å². The van der Waals surface area contributed by atoms with E-state index in [0.29, 0.717) is 22.7 Å². The summed E-state index contributed by atoms with van der Waals surface area (Å²) < 4.78 is 6.38. The molecule has 0 saturated heterocycles. The molecule has 0 fully saturated rings. The Bertz CT molecular complexity index is 1170. The van der Waals surface area contributed by atoms with Crippen LogP contribution in [0.1, 0.15) is 105 Å². The molecular weight excluding hydrogens is 410 g/mol. The summed E-state index contributed by atoms with van der Waals surface area (Å²) >= 11 is 0. The van der Waals surface area contributed by atoms with Crippen molar-refractivity contribution in [2.24, 2.45) is 0 Å². The number of aromatic hydroxyl groups is 2. The lowest BCUT2D eigenvalue weighted by Gasteiger charge is -2.27. The van der Waals surface area contributed by atoms with Gasteiger partial charge in [0.25, 0.3) is 0 Å². The summed E-state index contributed by atoms with van der Waals surface area (Å²) in [4.78, 5) is 4.81. The predicted octanol–water partition coefficient (Wildman–Crippen LogP) is 8.10. The number of aromatic nitrogens is 1. The van der Waals surface area contributed by atoms with Crippen LogP contribution < -0.4 is 0 Å². The summed E-state index contributed by atoms with van der Waals surface area (Å²) in [5, 5.41) is 22.3. The van der Waals surface area contributed by atoms with Crippen LogP contribution >= 0.6 is 0 Å². The Morgan fingerprint density at radius 3 is 1.36 bits per heavy atom. The Hall–Kier alpha value is -2.49. The monoisotopic (exact) mass is 451 g/mol. The first-order valence-corrected chi connectivity index (χ1v) is 11.8. The molecular formula is C29H41NO3. The molecule has 0 spiro atoms. The van der Waals surface area contributed by atoms with E-state index in [-0.39, 0.29) is 27.4 Å². The average molecular weight is 452 g/mol. The van der Waals surface area contributed by atoms with Gasteiger partial charge in [0.15, 0.2) is 11.1 Å². The summed E-state index contributed by atoms with van der Waals surface area (Å²) in [6.07, 6.45) is 0. The minimum atomic E-state index is -0.260. The normalized spacial score (nSPS) is 13.7. The molecule has 0 amide bonds. The molecule has 33 heavy (non-hydrogen) atoms. The Kier molecular flexibility index (Phi) is 5.72. The van der Waals surface area contributed by atoms with Gasteiger partial charge in [0.05, 0.1) is 0 Å². The second kappa shape index (κ2) is 7.51. The van der Waals surface area contributed by atoms with Crippen LogP contribution in [0.2, 0.25) is 0 Å². The predicted molar refractivity (Wildman–Crippen MR) is 138 cm³/mol. The van der Waals surface area contributed by atoms with Crippen molar-refractivity contribution in [1.82, 2.24) is 4.98 Å². The van der Waals surface area contributed by atoms with Gasteiger partial charge in [-0.15, -0.1) is 0 Å². The number of benzene rings is 2. The quantitative estimate of drug-likeness (QED) is 0.392. The first-order chi connectivity index (χ1) is 14.7. The van der Waals surface area contributed by atoms with Gasteiger partial charge in [0, 0.05) is 27.8 Å². The second-order valence-electron chi connectivity index (χ2n) is 13.4. The highest BCUT2D eigenvalue weighted by atomic mass is 16.4. The van der Waals surface area contributed by atoms with E-state index in [1.54, 1.807) is 0 Å². The minimum Gasteiger partial charge on any atom is -0.507 e. The van der Waals surface area contributed by atoms with Gasteiger partial charge >= 0.3 is 0 Å². The molecule has 1 heterocycles. The van der Waals surface area contributed by atoms with Gasteiger partial charge < -0.3 is 14.6 Å². The molecule has 180 valence electrons. The van der Waals surface area contributed by atoms with E-state index in [1.165, 1.54) is 0 Å². The number of rotatable bonds is 1. The van der Waals surface area contributed by atoms with E-state index in [1.807, 2.05) is 12.1 Å². The highest BCUT2D eigenvalue weighted by Crippen LogP contribution is 2.45. The zero-order valence-corrected chi connectivity index (χ0v) is 22.5. The number of fused-ring (bicyclic) bond motifs is 1. The van der Waals surface area contributed by atoms with E-state index in [0.717, 1.165) is 27.8 Å². The number of phenols is 2. The Morgan fingerprint density at radius 1 is 0.576 bits per heavy atom. The summed E-state index contributed by atoms with van der Waals surface area (Å²) in [6.45, 7) is 25.2. The van der Waals surface area contributed by atoms with Crippen LogP contribution in [0.4, 0.5) is 0 Å². The largest absolute Gasteiger partial charge is 0.507 e. The molecule has 3 aromatic rings. The van der Waals surface area contributed by atoms with Gasteiger partial charge in [0.2, 0.25) is 5.89 Å². The Balaban J connectivity index is 2.42. The molecule has 2 aromatic carbocycles. The Morgan fingerprint density at radius 2 is 0.970 bits per heavy atom. The van der Waals surface area contributed by atoms with Crippen LogP contribution in [0.25, 0.3) is 22.6 Å². The maximum atomic E-state index is 11.2. The minimum absolute atomic E-state index is 0.173. The third-order valence-electron chi connectivity index (χ3n) is 6.23. The Labute approximate surface area is 199 Å². The fourth-order valence-electron chi connectivity index (χ4n) is 4.22. The lowest BCUT2D eigenvalue weighted by Crippen LogP contribution is -2.17. The molecule has 0 aliphatic rings. The van der Waals surface area contributed by atoms with Gasteiger partial charge in [-0.25, -0.2) is 4.98 Å². The number of oxazole rings is 1. The van der Waals surface area contributed by atoms with E-state index in [9.17, 15) is 10.2 Å². The molecule has 0 aliphatic carbocycles. The van der Waals surface area contributed by atoms with E-state index >= 15 is 0 Å². The number of phenolic OH excluding ortho intramolecular Hbond substituents is 2. The lowest BCUT2D eigenvalue weighted by molar-refractivity contribution is 0.423. The van der Waals surface area contributed by atoms with Crippen molar-refractivity contribution in [2.45, 2.75) is 105 Å². The van der Waals surface area contributed by atoms with Crippen molar-refractivity contribution in [3.8, 4) is 23.0 Å². The summed E-state index contributed by atoms with van der Waals surface area (Å²) in [7, 11) is 0. The van der Waals surface area contributed by atoms with Crippen molar-refractivity contribution >= 4 is 11.1 Å². The lowest BCUT2D eigenvalue weighted by atomic mass is 9.78. The third kappa shape index (κ3) is 4.62. The van der Waals surface area contributed by atoms with Gasteiger partial charge in [0.1, 0.15) is 11.5 Å². The first-order valence-electron chi connectivity index (χ1n) is 11.8. The van der Waals surface area contributed by atoms with Gasteiger partial charge in [-0.3, -0.25) is 0 Å². The molecule has 4 heteroatoms. The highest BCUT2D eigenvalue weighted by Gasteiger charge is 2.31. The van der Waals surface area contributed by atoms with E-state index < -0.39 is 0 Å². The van der Waals surface area contributed by atoms with Crippen LogP contribution in [0.15, 0.2) is 22.6 Å². The second-order valence-corrected chi connectivity index (χ2v) is 13.4. The fourth-order valence-corrected chi connectivity index (χ4v) is 4.22. The number of nitrogens with zero attached hydrogens (tertiary/aromatic N) is 1. The molecule has 0 bridgehead atoms. The molecule has 0 saturated carbocycles. The topological polar surface area (TPSA) is 66.5 Å². The van der Waals surface area contributed by atoms with Crippen molar-refractivity contribution in [3.63, 3.8) is 0 Å². The smallest absolute Gasteiger partial charge is 0.227 e. The maximum absolute atomic E-state index is 11.2. The third-order valence-corrected chi connectivity index (χ3v) is 6.23. The van der Waals surface area contributed by atoms with Crippen LogP contribution in [0.5, 0.6) is 11.5 Å². The van der Waals surface area contributed by atoms with Gasteiger partial charge in [-0.2, -0.15) is 0 Å². The molecule has 0 radical (unpaired) electrons. The average Bonchev–Trinajstić information content (AvgIpc) is 3.03. The number of hydrogen-bond acceptors (Lipinski definition) is 4. The fraction of sp³-hybridized carbons (Fsp3) is 0.552. The molecule has 0 unspecified atom stereocenters. The van der Waals surface area contributed by atoms with Crippen molar-refractivity contribution in [1.29, 1.82) is 0 Å². The van der Waals surface area contributed by atoms with Crippen LogP contribution in [0, 0.1) is 0 Å². The summed E-state index contributed by atoms with van der Waals surface area (Å²) in [6, 6.07) is 5.99. The molecule has 4 nitrogen and oxygen atoms in total. The molecule has 3 rings (SSSR count). The van der Waals surface area contributed by atoms with E-state index in [2.05, 4.69) is 89.2 Å². The molecule has 2 N–H and O–H groups in total. The van der Waals surface area contributed by atoms with Crippen molar-refractivity contribution in [2.75, 3.05) is 0 Å². The summed E-state index contributed by atoms with van der Waals surface area (Å²) in [5.74, 6) is 0.947. The maximum Gasteiger partial charge on any atom is 0.227 e. The highest BCUT2D eigenvalue weighted by molar-refractivity contribution is 5.88. The summed E-state index contributed by atoms with van der Waals surface area (Å²) in [5.41, 5.74) is 4.53. The SMILES string of the molecule is CC(C)(C)c1cc(-c2nc3c(O)c(C(C)(C)C)cc(C(C)(C)C)c3o2)cc(C(C)(C)C)c1O. The van der Waals surface area contributed by atoms with Crippen LogP contribution in [0.3, 0.4) is 0 Å². The zero-order chi connectivity index (χ0) is 25.3. The molecule has 1 aromatic heterocycles. The molecule has 0 atom stereocenters. The van der Waals surface area contributed by atoms with Crippen molar-refractivity contribution in [3.05, 3.63) is 40.5 Å². The standard InChI is InChI=1S/C29H41NO3/c1-26(2,3)17-13-16(14-18(22(17)31)27(4,5)6)25-30-21-23(32)19(28(7,8)9)15-20(24(21)33-25)29(10,11)12/h13-15,31-32H,1-12H3. The van der Waals surface area contributed by atoms with E-state index in [4.69, 9.17) is 9.40 Å².